The lowest BCUT2D eigenvalue weighted by Crippen LogP contribution is -2.28. The van der Waals surface area contributed by atoms with Gasteiger partial charge in [-0.1, -0.05) is 25.0 Å². The normalized spacial score (nSPS) is 18.3. The third kappa shape index (κ3) is 3.22. The Morgan fingerprint density at radius 1 is 1.12 bits per heavy atom. The topological polar surface area (TPSA) is 15.3 Å². The summed E-state index contributed by atoms with van der Waals surface area (Å²) in [6.45, 7) is 2.27. The Bertz CT molecular complexity index is 336. The summed E-state index contributed by atoms with van der Waals surface area (Å²) >= 11 is 0. The zero-order chi connectivity index (χ0) is 12.3. The van der Waals surface area contributed by atoms with E-state index in [0.717, 1.165) is 6.04 Å². The van der Waals surface area contributed by atoms with Crippen molar-refractivity contribution in [2.45, 2.75) is 44.7 Å². The van der Waals surface area contributed by atoms with Crippen LogP contribution in [0.5, 0.6) is 0 Å². The van der Waals surface area contributed by atoms with E-state index in [1.807, 2.05) is 0 Å². The van der Waals surface area contributed by atoms with Crippen molar-refractivity contribution >= 4 is 5.69 Å². The maximum Gasteiger partial charge on any atom is 0.0361 e. The van der Waals surface area contributed by atoms with Gasteiger partial charge in [-0.25, -0.2) is 0 Å². The van der Waals surface area contributed by atoms with E-state index in [9.17, 15) is 0 Å². The maximum atomic E-state index is 3.73. The van der Waals surface area contributed by atoms with E-state index in [2.05, 4.69) is 55.5 Å². The number of hydrogen-bond acceptors (Lipinski definition) is 2. The molecule has 1 fully saturated rings. The highest BCUT2D eigenvalue weighted by molar-refractivity contribution is 5.46. The van der Waals surface area contributed by atoms with Crippen molar-refractivity contribution in [3.05, 3.63) is 29.8 Å². The average Bonchev–Trinajstić information content (AvgIpc) is 2.82. The van der Waals surface area contributed by atoms with Gasteiger partial charge in [-0.2, -0.15) is 0 Å². The van der Waals surface area contributed by atoms with E-state index in [1.165, 1.54) is 36.9 Å². The van der Waals surface area contributed by atoms with Crippen LogP contribution in [-0.4, -0.2) is 20.1 Å². The summed E-state index contributed by atoms with van der Waals surface area (Å²) in [4.78, 5) is 2.14. The van der Waals surface area contributed by atoms with E-state index in [0.29, 0.717) is 6.04 Å². The summed E-state index contributed by atoms with van der Waals surface area (Å²) in [5.41, 5.74) is 2.66. The molecule has 0 aromatic heterocycles. The largest absolute Gasteiger partial charge is 0.378 e. The van der Waals surface area contributed by atoms with Crippen molar-refractivity contribution in [3.8, 4) is 0 Å². The van der Waals surface area contributed by atoms with E-state index < -0.39 is 0 Å². The minimum Gasteiger partial charge on any atom is -0.378 e. The first-order valence-corrected chi connectivity index (χ1v) is 6.70. The Morgan fingerprint density at radius 3 is 2.24 bits per heavy atom. The molecule has 0 amide bonds. The zero-order valence-electron chi connectivity index (χ0n) is 11.2. The average molecular weight is 232 g/mol. The van der Waals surface area contributed by atoms with Gasteiger partial charge in [0.15, 0.2) is 0 Å². The van der Waals surface area contributed by atoms with Gasteiger partial charge >= 0.3 is 0 Å². The fourth-order valence-corrected chi connectivity index (χ4v) is 2.60. The lowest BCUT2D eigenvalue weighted by molar-refractivity contribution is 0.461. The standard InChI is InChI=1S/C15H24N2/c1-12(16-14-6-4-5-7-14)13-8-10-15(11-9-13)17(2)3/h8-12,14,16H,4-7H2,1-3H3. The Hall–Kier alpha value is -1.02. The highest BCUT2D eigenvalue weighted by Crippen LogP contribution is 2.23. The van der Waals surface area contributed by atoms with Crippen LogP contribution >= 0.6 is 0 Å². The molecule has 1 aromatic carbocycles. The SMILES string of the molecule is CC(NC1CCCC1)c1ccc(N(C)C)cc1. The predicted molar refractivity (Wildman–Crippen MR) is 74.6 cm³/mol. The van der Waals surface area contributed by atoms with Gasteiger partial charge in [-0.05, 0) is 37.5 Å². The van der Waals surface area contributed by atoms with Crippen molar-refractivity contribution in [2.75, 3.05) is 19.0 Å². The van der Waals surface area contributed by atoms with Gasteiger partial charge in [0.1, 0.15) is 0 Å². The maximum absolute atomic E-state index is 3.73. The number of rotatable bonds is 4. The van der Waals surface area contributed by atoms with Gasteiger partial charge in [0.25, 0.3) is 0 Å². The highest BCUT2D eigenvalue weighted by Gasteiger charge is 2.17. The minimum atomic E-state index is 0.467. The molecule has 1 saturated carbocycles. The van der Waals surface area contributed by atoms with Gasteiger partial charge in [-0.15, -0.1) is 0 Å². The van der Waals surface area contributed by atoms with Gasteiger partial charge < -0.3 is 10.2 Å². The van der Waals surface area contributed by atoms with E-state index in [-0.39, 0.29) is 0 Å². The molecule has 17 heavy (non-hydrogen) atoms. The number of benzene rings is 1. The second kappa shape index (κ2) is 5.54. The molecule has 0 aliphatic heterocycles. The molecule has 2 rings (SSSR count). The quantitative estimate of drug-likeness (QED) is 0.856. The molecule has 2 heteroatoms. The first-order valence-electron chi connectivity index (χ1n) is 6.70. The van der Waals surface area contributed by atoms with Gasteiger partial charge in [0.05, 0.1) is 0 Å². The lowest BCUT2D eigenvalue weighted by Gasteiger charge is -2.20. The summed E-state index contributed by atoms with van der Waals surface area (Å²) in [5, 5.41) is 3.73. The number of nitrogens with zero attached hydrogens (tertiary/aromatic N) is 1. The molecule has 94 valence electrons. The van der Waals surface area contributed by atoms with Crippen LogP contribution in [0.3, 0.4) is 0 Å². The number of hydrogen-bond donors (Lipinski definition) is 1. The summed E-state index contributed by atoms with van der Waals surface area (Å²) in [5.74, 6) is 0. The van der Waals surface area contributed by atoms with E-state index in [1.54, 1.807) is 0 Å². The summed E-state index contributed by atoms with van der Waals surface area (Å²) < 4.78 is 0. The molecule has 0 saturated heterocycles. The summed E-state index contributed by atoms with van der Waals surface area (Å²) in [6.07, 6.45) is 5.48. The van der Waals surface area contributed by atoms with Gasteiger partial charge in [0, 0.05) is 31.9 Å². The molecule has 0 spiro atoms. The predicted octanol–water partition coefficient (Wildman–Crippen LogP) is 3.35. The minimum absolute atomic E-state index is 0.467. The first kappa shape index (κ1) is 12.4. The third-order valence-corrected chi connectivity index (χ3v) is 3.75. The Labute approximate surface area is 105 Å². The highest BCUT2D eigenvalue weighted by atomic mass is 15.1. The second-order valence-corrected chi connectivity index (χ2v) is 5.36. The molecule has 1 aliphatic rings. The molecular formula is C15H24N2. The zero-order valence-corrected chi connectivity index (χ0v) is 11.2. The molecule has 1 N–H and O–H groups in total. The van der Waals surface area contributed by atoms with Crippen LogP contribution in [0.15, 0.2) is 24.3 Å². The van der Waals surface area contributed by atoms with E-state index in [4.69, 9.17) is 0 Å². The van der Waals surface area contributed by atoms with Crippen molar-refractivity contribution in [2.24, 2.45) is 0 Å². The second-order valence-electron chi connectivity index (χ2n) is 5.36. The van der Waals surface area contributed by atoms with Crippen LogP contribution in [0.1, 0.15) is 44.2 Å². The number of anilines is 1. The Balaban J connectivity index is 1.96. The molecule has 0 radical (unpaired) electrons. The fourth-order valence-electron chi connectivity index (χ4n) is 2.60. The van der Waals surface area contributed by atoms with Crippen molar-refractivity contribution in [3.63, 3.8) is 0 Å². The Morgan fingerprint density at radius 2 is 1.71 bits per heavy atom. The molecular weight excluding hydrogens is 208 g/mol. The van der Waals surface area contributed by atoms with Crippen molar-refractivity contribution < 1.29 is 0 Å². The van der Waals surface area contributed by atoms with Crippen LogP contribution in [0.2, 0.25) is 0 Å². The lowest BCUT2D eigenvalue weighted by atomic mass is 10.1. The molecule has 1 atom stereocenters. The molecule has 0 bridgehead atoms. The molecule has 0 heterocycles. The van der Waals surface area contributed by atoms with Gasteiger partial charge in [0.2, 0.25) is 0 Å². The van der Waals surface area contributed by atoms with Crippen LogP contribution in [0.25, 0.3) is 0 Å². The molecule has 2 nitrogen and oxygen atoms in total. The van der Waals surface area contributed by atoms with Crippen LogP contribution in [-0.2, 0) is 0 Å². The first-order chi connectivity index (χ1) is 8.16. The van der Waals surface area contributed by atoms with Crippen molar-refractivity contribution in [1.29, 1.82) is 0 Å². The third-order valence-electron chi connectivity index (χ3n) is 3.75. The van der Waals surface area contributed by atoms with Crippen molar-refractivity contribution in [1.82, 2.24) is 5.32 Å². The van der Waals surface area contributed by atoms with Crippen LogP contribution in [0.4, 0.5) is 5.69 Å². The molecule has 1 aliphatic carbocycles. The van der Waals surface area contributed by atoms with Crippen LogP contribution in [0, 0.1) is 0 Å². The summed E-state index contributed by atoms with van der Waals surface area (Å²) in [7, 11) is 4.16. The summed E-state index contributed by atoms with van der Waals surface area (Å²) in [6, 6.07) is 10.1. The molecule has 1 unspecified atom stereocenters. The smallest absolute Gasteiger partial charge is 0.0361 e. The van der Waals surface area contributed by atoms with E-state index >= 15 is 0 Å². The fraction of sp³-hybridized carbons (Fsp3) is 0.600. The van der Waals surface area contributed by atoms with Gasteiger partial charge in [-0.3, -0.25) is 0 Å². The monoisotopic (exact) mass is 232 g/mol. The number of nitrogens with one attached hydrogen (secondary N) is 1. The molecule has 1 aromatic rings. The Kier molecular flexibility index (Phi) is 4.06. The van der Waals surface area contributed by atoms with Crippen LogP contribution < -0.4 is 10.2 Å².